The van der Waals surface area contributed by atoms with Gasteiger partial charge in [-0.2, -0.15) is 5.26 Å². The third kappa shape index (κ3) is 3.39. The van der Waals surface area contributed by atoms with Crippen LogP contribution in [0.1, 0.15) is 5.56 Å². The van der Waals surface area contributed by atoms with Crippen molar-refractivity contribution in [2.45, 2.75) is 4.90 Å². The van der Waals surface area contributed by atoms with Crippen molar-refractivity contribution in [2.24, 2.45) is 0 Å². The molecule has 108 valence electrons. The van der Waals surface area contributed by atoms with Crippen LogP contribution in [0.3, 0.4) is 0 Å². The standard InChI is InChI=1S/C13H9Cl2N3O2S/c14-11-3-2-10(5-8(11)7-16)18-21(19,20)13-4-1-9(17)6-12(13)15/h1-6,18H,17H2. The maximum Gasteiger partial charge on any atom is 0.263 e. The molecule has 3 N–H and O–H groups in total. The van der Waals surface area contributed by atoms with E-state index in [0.717, 1.165) is 0 Å². The lowest BCUT2D eigenvalue weighted by molar-refractivity contribution is 0.601. The Morgan fingerprint density at radius 2 is 1.81 bits per heavy atom. The second-order valence-electron chi connectivity index (χ2n) is 4.10. The zero-order chi connectivity index (χ0) is 15.6. The van der Waals surface area contributed by atoms with Gasteiger partial charge in [0.2, 0.25) is 0 Å². The van der Waals surface area contributed by atoms with E-state index in [1.54, 1.807) is 0 Å². The van der Waals surface area contributed by atoms with Gasteiger partial charge in [-0.25, -0.2) is 8.42 Å². The van der Waals surface area contributed by atoms with Gasteiger partial charge < -0.3 is 5.73 Å². The van der Waals surface area contributed by atoms with Crippen molar-refractivity contribution >= 4 is 44.6 Å². The number of nitrogens with one attached hydrogen (secondary N) is 1. The molecule has 0 heterocycles. The Labute approximate surface area is 132 Å². The van der Waals surface area contributed by atoms with Crippen LogP contribution in [-0.4, -0.2) is 8.42 Å². The number of halogens is 2. The number of benzene rings is 2. The summed E-state index contributed by atoms with van der Waals surface area (Å²) in [5.41, 5.74) is 6.26. The van der Waals surface area contributed by atoms with E-state index in [9.17, 15) is 8.42 Å². The molecule has 0 aliphatic heterocycles. The Morgan fingerprint density at radius 3 is 2.43 bits per heavy atom. The SMILES string of the molecule is N#Cc1cc(NS(=O)(=O)c2ccc(N)cc2Cl)ccc1Cl. The largest absolute Gasteiger partial charge is 0.399 e. The molecule has 0 atom stereocenters. The molecule has 0 amide bonds. The van der Waals surface area contributed by atoms with Crippen LogP contribution in [0.4, 0.5) is 11.4 Å². The Bertz CT molecular complexity index is 845. The van der Waals surface area contributed by atoms with E-state index in [1.807, 2.05) is 6.07 Å². The minimum absolute atomic E-state index is 0.0111. The summed E-state index contributed by atoms with van der Waals surface area (Å²) in [6, 6.07) is 10.2. The molecule has 21 heavy (non-hydrogen) atoms. The van der Waals surface area contributed by atoms with Crippen molar-refractivity contribution in [2.75, 3.05) is 10.5 Å². The lowest BCUT2D eigenvalue weighted by Crippen LogP contribution is -2.13. The Balaban J connectivity index is 2.40. The molecule has 2 rings (SSSR count). The van der Waals surface area contributed by atoms with Crippen molar-refractivity contribution in [1.82, 2.24) is 0 Å². The fraction of sp³-hybridized carbons (Fsp3) is 0. The number of nitrogens with zero attached hydrogens (tertiary/aromatic N) is 1. The topological polar surface area (TPSA) is 96.0 Å². The number of rotatable bonds is 3. The molecule has 0 aliphatic rings. The maximum absolute atomic E-state index is 12.3. The van der Waals surface area contributed by atoms with E-state index in [4.69, 9.17) is 34.2 Å². The summed E-state index contributed by atoms with van der Waals surface area (Å²) in [5, 5.41) is 9.14. The van der Waals surface area contributed by atoms with E-state index in [2.05, 4.69) is 4.72 Å². The van der Waals surface area contributed by atoms with Crippen LogP contribution in [0.2, 0.25) is 10.0 Å². The van der Waals surface area contributed by atoms with Crippen LogP contribution >= 0.6 is 23.2 Å². The number of nitriles is 1. The first-order valence-corrected chi connectivity index (χ1v) is 7.85. The van der Waals surface area contributed by atoms with Gasteiger partial charge in [0.1, 0.15) is 11.0 Å². The quantitative estimate of drug-likeness (QED) is 0.837. The zero-order valence-electron chi connectivity index (χ0n) is 10.5. The monoisotopic (exact) mass is 341 g/mol. The smallest absolute Gasteiger partial charge is 0.263 e. The minimum Gasteiger partial charge on any atom is -0.399 e. The summed E-state index contributed by atoms with van der Waals surface area (Å²) in [5.74, 6) is 0. The molecular weight excluding hydrogens is 333 g/mol. The molecule has 0 unspecified atom stereocenters. The third-order valence-corrected chi connectivity index (χ3v) is 4.78. The first kappa shape index (κ1) is 15.4. The second kappa shape index (κ2) is 5.82. The lowest BCUT2D eigenvalue weighted by Gasteiger charge is -2.10. The first-order valence-electron chi connectivity index (χ1n) is 5.61. The maximum atomic E-state index is 12.3. The highest BCUT2D eigenvalue weighted by Crippen LogP contribution is 2.27. The molecule has 0 bridgehead atoms. The van der Waals surface area contributed by atoms with Crippen molar-refractivity contribution < 1.29 is 8.42 Å². The molecule has 0 saturated carbocycles. The second-order valence-corrected chi connectivity index (χ2v) is 6.57. The molecule has 5 nitrogen and oxygen atoms in total. The van der Waals surface area contributed by atoms with Crippen LogP contribution in [0.15, 0.2) is 41.3 Å². The number of hydrogen-bond acceptors (Lipinski definition) is 4. The number of hydrogen-bond donors (Lipinski definition) is 2. The molecule has 0 aromatic heterocycles. The number of anilines is 2. The number of nitrogen functional groups attached to an aromatic ring is 1. The van der Waals surface area contributed by atoms with Crippen molar-refractivity contribution in [3.63, 3.8) is 0 Å². The average molecular weight is 342 g/mol. The van der Waals surface area contributed by atoms with Crippen molar-refractivity contribution in [3.8, 4) is 6.07 Å². The highest BCUT2D eigenvalue weighted by molar-refractivity contribution is 7.92. The summed E-state index contributed by atoms with van der Waals surface area (Å²) < 4.78 is 26.9. The van der Waals surface area contributed by atoms with Gasteiger partial charge in [-0.3, -0.25) is 4.72 Å². The molecule has 2 aromatic carbocycles. The van der Waals surface area contributed by atoms with Crippen LogP contribution in [0.5, 0.6) is 0 Å². The first-order chi connectivity index (χ1) is 9.83. The van der Waals surface area contributed by atoms with E-state index < -0.39 is 10.0 Å². The zero-order valence-corrected chi connectivity index (χ0v) is 12.8. The van der Waals surface area contributed by atoms with Gasteiger partial charge in [-0.15, -0.1) is 0 Å². The molecule has 0 fully saturated rings. The molecule has 0 spiro atoms. The van der Waals surface area contributed by atoms with Gasteiger partial charge in [0.25, 0.3) is 10.0 Å². The molecule has 0 aliphatic carbocycles. The van der Waals surface area contributed by atoms with Gasteiger partial charge in [0.05, 0.1) is 21.3 Å². The predicted octanol–water partition coefficient (Wildman–Crippen LogP) is 3.25. The fourth-order valence-electron chi connectivity index (χ4n) is 1.62. The summed E-state index contributed by atoms with van der Waals surface area (Å²) in [4.78, 5) is -0.105. The van der Waals surface area contributed by atoms with Crippen molar-refractivity contribution in [3.05, 3.63) is 52.0 Å². The normalized spacial score (nSPS) is 10.9. The van der Waals surface area contributed by atoms with Crippen LogP contribution in [0.25, 0.3) is 0 Å². The van der Waals surface area contributed by atoms with Gasteiger partial charge >= 0.3 is 0 Å². The Kier molecular flexibility index (Phi) is 4.28. The Morgan fingerprint density at radius 1 is 1.10 bits per heavy atom. The van der Waals surface area contributed by atoms with Gasteiger partial charge in [-0.1, -0.05) is 23.2 Å². The van der Waals surface area contributed by atoms with Gasteiger partial charge in [0, 0.05) is 5.69 Å². The molecule has 0 saturated heterocycles. The van der Waals surface area contributed by atoms with Crippen LogP contribution in [-0.2, 0) is 10.0 Å². The van der Waals surface area contributed by atoms with Crippen LogP contribution in [0, 0.1) is 11.3 Å². The molecule has 2 aromatic rings. The minimum atomic E-state index is -3.89. The number of nitrogens with two attached hydrogens (primary N) is 1. The van der Waals surface area contributed by atoms with Crippen LogP contribution < -0.4 is 10.5 Å². The predicted molar refractivity (Wildman–Crippen MR) is 82.8 cm³/mol. The van der Waals surface area contributed by atoms with E-state index in [-0.39, 0.29) is 26.2 Å². The Hall–Kier alpha value is -1.94. The average Bonchev–Trinajstić information content (AvgIpc) is 2.40. The van der Waals surface area contributed by atoms with E-state index in [0.29, 0.717) is 5.69 Å². The number of sulfonamides is 1. The highest BCUT2D eigenvalue weighted by Gasteiger charge is 2.18. The van der Waals surface area contributed by atoms with E-state index in [1.165, 1.54) is 36.4 Å². The molecule has 0 radical (unpaired) electrons. The van der Waals surface area contributed by atoms with Gasteiger partial charge in [0.15, 0.2) is 0 Å². The van der Waals surface area contributed by atoms with Gasteiger partial charge in [-0.05, 0) is 36.4 Å². The summed E-state index contributed by atoms with van der Waals surface area (Å²) >= 11 is 11.7. The lowest BCUT2D eigenvalue weighted by atomic mass is 10.2. The summed E-state index contributed by atoms with van der Waals surface area (Å²) in [6.45, 7) is 0. The summed E-state index contributed by atoms with van der Waals surface area (Å²) in [7, 11) is -3.89. The highest BCUT2D eigenvalue weighted by atomic mass is 35.5. The summed E-state index contributed by atoms with van der Waals surface area (Å²) in [6.07, 6.45) is 0. The fourth-order valence-corrected chi connectivity index (χ4v) is 3.38. The van der Waals surface area contributed by atoms with Crippen molar-refractivity contribution in [1.29, 1.82) is 5.26 Å². The molecule has 8 heteroatoms. The third-order valence-electron chi connectivity index (χ3n) is 2.58. The molecular formula is C13H9Cl2N3O2S. The van der Waals surface area contributed by atoms with E-state index >= 15 is 0 Å².